The molecule has 6 heteroatoms. The van der Waals surface area contributed by atoms with Crippen LogP contribution in [0.4, 0.5) is 4.39 Å². The van der Waals surface area contributed by atoms with E-state index in [-0.39, 0.29) is 24.8 Å². The summed E-state index contributed by atoms with van der Waals surface area (Å²) in [5.41, 5.74) is 0.417. The third kappa shape index (κ3) is 3.37. The number of ether oxygens (including phenoxy) is 1. The minimum atomic E-state index is -1.15. The highest BCUT2D eigenvalue weighted by atomic mass is 19.1. The fourth-order valence-electron chi connectivity index (χ4n) is 3.49. The first-order chi connectivity index (χ1) is 11.6. The average molecular weight is 334 g/mol. The number of hydrogen-bond donors (Lipinski definition) is 0. The maximum Gasteiger partial charge on any atom is 0.254 e. The molecule has 3 rings (SSSR count). The maximum absolute atomic E-state index is 14.0. The lowest BCUT2D eigenvalue weighted by molar-refractivity contribution is -0.136. The van der Waals surface area contributed by atoms with Gasteiger partial charge in [-0.25, -0.2) is 4.39 Å². The molecule has 2 amide bonds. The first kappa shape index (κ1) is 16.7. The van der Waals surface area contributed by atoms with Crippen LogP contribution in [0.15, 0.2) is 24.3 Å². The van der Waals surface area contributed by atoms with E-state index in [0.717, 1.165) is 19.3 Å². The van der Waals surface area contributed by atoms with Crippen LogP contribution in [-0.4, -0.2) is 60.6 Å². The summed E-state index contributed by atoms with van der Waals surface area (Å²) in [5.74, 6) is 0.131. The SMILES string of the molecule is COc1cccc(C(=O)N2C[C@@H](F)C[C@H]2C(=O)N2CCCCC2)c1. The van der Waals surface area contributed by atoms with Gasteiger partial charge in [0.1, 0.15) is 18.0 Å². The number of piperidine rings is 1. The summed E-state index contributed by atoms with van der Waals surface area (Å²) >= 11 is 0. The molecule has 2 saturated heterocycles. The highest BCUT2D eigenvalue weighted by Gasteiger charge is 2.42. The summed E-state index contributed by atoms with van der Waals surface area (Å²) in [6, 6.07) is 6.05. The van der Waals surface area contributed by atoms with Crippen molar-refractivity contribution in [3.8, 4) is 5.75 Å². The fraction of sp³-hybridized carbons (Fsp3) is 0.556. The van der Waals surface area contributed by atoms with Crippen LogP contribution in [-0.2, 0) is 4.79 Å². The number of nitrogens with zero attached hydrogens (tertiary/aromatic N) is 2. The molecule has 0 N–H and O–H groups in total. The van der Waals surface area contributed by atoms with Crippen molar-refractivity contribution >= 4 is 11.8 Å². The molecule has 2 atom stereocenters. The smallest absolute Gasteiger partial charge is 0.254 e. The van der Waals surface area contributed by atoms with Crippen molar-refractivity contribution in [1.82, 2.24) is 9.80 Å². The Morgan fingerprint density at radius 2 is 1.96 bits per heavy atom. The zero-order valence-corrected chi connectivity index (χ0v) is 13.9. The zero-order chi connectivity index (χ0) is 17.1. The molecule has 0 aromatic heterocycles. The van der Waals surface area contributed by atoms with E-state index in [1.807, 2.05) is 0 Å². The van der Waals surface area contributed by atoms with Crippen molar-refractivity contribution in [3.63, 3.8) is 0 Å². The summed E-state index contributed by atoms with van der Waals surface area (Å²) in [5, 5.41) is 0. The van der Waals surface area contributed by atoms with Crippen molar-refractivity contribution in [2.75, 3.05) is 26.7 Å². The summed E-state index contributed by atoms with van der Waals surface area (Å²) in [6.45, 7) is 1.38. The predicted molar refractivity (Wildman–Crippen MR) is 87.8 cm³/mol. The molecule has 0 radical (unpaired) electrons. The number of hydrogen-bond acceptors (Lipinski definition) is 3. The van der Waals surface area contributed by atoms with E-state index in [1.54, 1.807) is 29.2 Å². The van der Waals surface area contributed by atoms with Crippen LogP contribution in [0.2, 0.25) is 0 Å². The highest BCUT2D eigenvalue weighted by Crippen LogP contribution is 2.26. The lowest BCUT2D eigenvalue weighted by Gasteiger charge is -2.32. The topological polar surface area (TPSA) is 49.9 Å². The molecule has 1 aromatic carbocycles. The highest BCUT2D eigenvalue weighted by molar-refractivity contribution is 5.98. The second-order valence-corrected chi connectivity index (χ2v) is 6.42. The van der Waals surface area contributed by atoms with E-state index in [0.29, 0.717) is 24.4 Å². The van der Waals surface area contributed by atoms with Crippen LogP contribution in [0.3, 0.4) is 0 Å². The molecule has 0 aliphatic carbocycles. The van der Waals surface area contributed by atoms with Gasteiger partial charge in [-0.05, 0) is 37.5 Å². The molecule has 130 valence electrons. The van der Waals surface area contributed by atoms with E-state index in [1.165, 1.54) is 12.0 Å². The Balaban J connectivity index is 1.79. The van der Waals surface area contributed by atoms with E-state index in [2.05, 4.69) is 0 Å². The van der Waals surface area contributed by atoms with Gasteiger partial charge in [-0.15, -0.1) is 0 Å². The average Bonchev–Trinajstić information content (AvgIpc) is 3.03. The third-order valence-corrected chi connectivity index (χ3v) is 4.78. The number of methoxy groups -OCH3 is 1. The van der Waals surface area contributed by atoms with Crippen LogP contribution < -0.4 is 4.74 Å². The first-order valence-corrected chi connectivity index (χ1v) is 8.48. The van der Waals surface area contributed by atoms with Crippen LogP contribution in [0.1, 0.15) is 36.0 Å². The summed E-state index contributed by atoms with van der Waals surface area (Å²) in [4.78, 5) is 28.7. The van der Waals surface area contributed by atoms with Gasteiger partial charge in [-0.1, -0.05) is 6.07 Å². The number of benzene rings is 1. The molecular formula is C18H23FN2O3. The number of halogens is 1. The van der Waals surface area contributed by atoms with Gasteiger partial charge < -0.3 is 14.5 Å². The molecule has 0 saturated carbocycles. The maximum atomic E-state index is 14.0. The molecule has 1 aromatic rings. The van der Waals surface area contributed by atoms with Gasteiger partial charge in [0.2, 0.25) is 5.91 Å². The molecule has 2 heterocycles. The van der Waals surface area contributed by atoms with Crippen LogP contribution >= 0.6 is 0 Å². The lowest BCUT2D eigenvalue weighted by atomic mass is 10.1. The minimum absolute atomic E-state index is 0.0275. The van der Waals surface area contributed by atoms with E-state index >= 15 is 0 Å². The molecule has 0 spiro atoms. The fourth-order valence-corrected chi connectivity index (χ4v) is 3.49. The van der Waals surface area contributed by atoms with Crippen molar-refractivity contribution in [2.24, 2.45) is 0 Å². The Morgan fingerprint density at radius 3 is 2.67 bits per heavy atom. The third-order valence-electron chi connectivity index (χ3n) is 4.78. The van der Waals surface area contributed by atoms with E-state index in [4.69, 9.17) is 4.74 Å². The number of amides is 2. The number of likely N-dealkylation sites (tertiary alicyclic amines) is 2. The molecule has 0 bridgehead atoms. The van der Waals surface area contributed by atoms with Crippen molar-refractivity contribution in [2.45, 2.75) is 37.9 Å². The van der Waals surface area contributed by atoms with Gasteiger partial charge in [0.05, 0.1) is 13.7 Å². The van der Waals surface area contributed by atoms with Crippen molar-refractivity contribution in [3.05, 3.63) is 29.8 Å². The Morgan fingerprint density at radius 1 is 1.21 bits per heavy atom. The molecule has 2 aliphatic heterocycles. The lowest BCUT2D eigenvalue weighted by Crippen LogP contribution is -2.49. The molecule has 0 unspecified atom stereocenters. The molecule has 2 fully saturated rings. The van der Waals surface area contributed by atoms with Gasteiger partial charge in [0.25, 0.3) is 5.91 Å². The van der Waals surface area contributed by atoms with Gasteiger partial charge in [0, 0.05) is 25.1 Å². The van der Waals surface area contributed by atoms with E-state index < -0.39 is 12.2 Å². The van der Waals surface area contributed by atoms with Gasteiger partial charge in [-0.2, -0.15) is 0 Å². The number of carbonyl (C=O) groups is 2. The molecule has 2 aliphatic rings. The summed E-state index contributed by atoms with van der Waals surface area (Å²) in [7, 11) is 1.53. The van der Waals surface area contributed by atoms with Crippen LogP contribution in [0.25, 0.3) is 0 Å². The standard InChI is InChI=1S/C18H23FN2O3/c1-24-15-7-5-6-13(10-15)17(22)21-12-14(19)11-16(21)18(23)20-8-3-2-4-9-20/h5-7,10,14,16H,2-4,8-9,11-12H2,1H3/t14-,16-/m0/s1. The second kappa shape index (κ2) is 7.20. The first-order valence-electron chi connectivity index (χ1n) is 8.48. The Kier molecular flexibility index (Phi) is 5.02. The van der Waals surface area contributed by atoms with Crippen molar-refractivity contribution < 1.29 is 18.7 Å². The number of alkyl halides is 1. The van der Waals surface area contributed by atoms with Gasteiger partial charge >= 0.3 is 0 Å². The largest absolute Gasteiger partial charge is 0.497 e. The quantitative estimate of drug-likeness (QED) is 0.852. The summed E-state index contributed by atoms with van der Waals surface area (Å²) in [6.07, 6.45) is 2.00. The molecule has 5 nitrogen and oxygen atoms in total. The van der Waals surface area contributed by atoms with Gasteiger partial charge in [0.15, 0.2) is 0 Å². The second-order valence-electron chi connectivity index (χ2n) is 6.42. The molecular weight excluding hydrogens is 311 g/mol. The predicted octanol–water partition coefficient (Wildman–Crippen LogP) is 2.26. The summed E-state index contributed by atoms with van der Waals surface area (Å²) < 4.78 is 19.1. The monoisotopic (exact) mass is 334 g/mol. The Labute approximate surface area is 141 Å². The van der Waals surface area contributed by atoms with Crippen LogP contribution in [0, 0.1) is 0 Å². The number of carbonyl (C=O) groups excluding carboxylic acids is 2. The Hall–Kier alpha value is -2.11. The van der Waals surface area contributed by atoms with Gasteiger partial charge in [-0.3, -0.25) is 9.59 Å². The van der Waals surface area contributed by atoms with Crippen LogP contribution in [0.5, 0.6) is 5.75 Å². The van der Waals surface area contributed by atoms with Crippen molar-refractivity contribution in [1.29, 1.82) is 0 Å². The zero-order valence-electron chi connectivity index (χ0n) is 13.9. The molecule has 24 heavy (non-hydrogen) atoms. The minimum Gasteiger partial charge on any atom is -0.497 e. The normalized spacial score (nSPS) is 24.1. The number of rotatable bonds is 3. The van der Waals surface area contributed by atoms with E-state index in [9.17, 15) is 14.0 Å². The Bertz CT molecular complexity index is 616.